The maximum atomic E-state index is 13.2. The average Bonchev–Trinajstić information content (AvgIpc) is 3.29. The summed E-state index contributed by atoms with van der Waals surface area (Å²) < 4.78 is 9.69. The molecule has 168 valence electrons. The molecule has 0 aliphatic carbocycles. The molecule has 10 nitrogen and oxygen atoms in total. The highest BCUT2D eigenvalue weighted by Crippen LogP contribution is 2.30. The zero-order chi connectivity index (χ0) is 21.8. The van der Waals surface area contributed by atoms with Gasteiger partial charge in [-0.25, -0.2) is 9.78 Å². The van der Waals surface area contributed by atoms with Crippen LogP contribution in [0.25, 0.3) is 11.2 Å². The van der Waals surface area contributed by atoms with Crippen LogP contribution in [0.4, 0.5) is 0 Å². The Balaban J connectivity index is 2.12. The summed E-state index contributed by atoms with van der Waals surface area (Å²) in [6.07, 6.45) is 1.93. The van der Waals surface area contributed by atoms with Crippen LogP contribution in [0.5, 0.6) is 0 Å². The Morgan fingerprint density at radius 2 is 1.63 bits per heavy atom. The second-order valence-corrected chi connectivity index (χ2v) is 7.86. The molecule has 1 aliphatic rings. The molecule has 3 N–H and O–H groups in total. The molecule has 2 aromatic rings. The Labute approximate surface area is 174 Å². The van der Waals surface area contributed by atoms with Crippen LogP contribution >= 0.6 is 0 Å². The first-order chi connectivity index (χ1) is 14.5. The Morgan fingerprint density at radius 1 is 1.00 bits per heavy atom. The number of aliphatic hydroxyl groups excluding tert-OH is 3. The highest BCUT2D eigenvalue weighted by molar-refractivity contribution is 5.70. The molecule has 0 unspecified atom stereocenters. The van der Waals surface area contributed by atoms with Gasteiger partial charge in [0.05, 0.1) is 12.9 Å². The van der Waals surface area contributed by atoms with Crippen LogP contribution in [0.15, 0.2) is 15.9 Å². The monoisotopic (exact) mass is 424 g/mol. The van der Waals surface area contributed by atoms with Gasteiger partial charge < -0.3 is 20.1 Å². The number of unbranched alkanes of at least 4 members (excludes halogenated alkanes) is 4. The number of aryl methyl sites for hydroxylation is 1. The lowest BCUT2D eigenvalue weighted by molar-refractivity contribution is -0.0509. The van der Waals surface area contributed by atoms with Crippen molar-refractivity contribution in [1.29, 1.82) is 0 Å². The Hall–Kier alpha value is -2.01. The summed E-state index contributed by atoms with van der Waals surface area (Å²) in [6.45, 7) is 4.39. The first-order valence-corrected chi connectivity index (χ1v) is 10.8. The third-order valence-corrected chi connectivity index (χ3v) is 5.70. The lowest BCUT2D eigenvalue weighted by atomic mass is 10.1. The predicted molar refractivity (Wildman–Crippen MR) is 110 cm³/mol. The van der Waals surface area contributed by atoms with Gasteiger partial charge in [-0.2, -0.15) is 0 Å². The van der Waals surface area contributed by atoms with E-state index in [1.165, 1.54) is 20.0 Å². The molecule has 0 aromatic carbocycles. The quantitative estimate of drug-likeness (QED) is 0.469. The van der Waals surface area contributed by atoms with Gasteiger partial charge in [0, 0.05) is 13.1 Å². The average molecular weight is 424 g/mol. The lowest BCUT2D eigenvalue weighted by Crippen LogP contribution is -2.41. The standard InChI is InChI=1S/C20H32N4O6/c1-3-5-7-9-22-17-14(18(28)23(20(22)29)10-8-6-4-2)24(12-21-17)19-16(27)15(26)13(11-25)30-19/h12-13,15-16,19,25-27H,3-11H2,1-2H3/t13-,15-,16-,19-/m1/s1. The fourth-order valence-corrected chi connectivity index (χ4v) is 3.95. The molecule has 1 aliphatic heterocycles. The second kappa shape index (κ2) is 9.86. The molecule has 0 saturated carbocycles. The Morgan fingerprint density at radius 3 is 2.20 bits per heavy atom. The van der Waals surface area contributed by atoms with E-state index in [0.717, 1.165) is 32.1 Å². The Kier molecular flexibility index (Phi) is 7.45. The molecule has 30 heavy (non-hydrogen) atoms. The summed E-state index contributed by atoms with van der Waals surface area (Å²) in [7, 11) is 0. The number of hydrogen-bond acceptors (Lipinski definition) is 7. The van der Waals surface area contributed by atoms with Crippen molar-refractivity contribution in [3.63, 3.8) is 0 Å². The van der Waals surface area contributed by atoms with Crippen molar-refractivity contribution in [2.24, 2.45) is 0 Å². The van der Waals surface area contributed by atoms with Gasteiger partial charge in [-0.05, 0) is 12.8 Å². The predicted octanol–water partition coefficient (Wildman–Crippen LogP) is 0.352. The van der Waals surface area contributed by atoms with Gasteiger partial charge in [0.1, 0.15) is 18.3 Å². The zero-order valence-electron chi connectivity index (χ0n) is 17.6. The molecule has 3 heterocycles. The van der Waals surface area contributed by atoms with Crippen LogP contribution in [0, 0.1) is 0 Å². The number of aliphatic hydroxyl groups is 3. The van der Waals surface area contributed by atoms with E-state index in [0.29, 0.717) is 19.5 Å². The van der Waals surface area contributed by atoms with E-state index in [4.69, 9.17) is 4.74 Å². The summed E-state index contributed by atoms with van der Waals surface area (Å²) in [6, 6.07) is 0. The van der Waals surface area contributed by atoms with Gasteiger partial charge in [-0.3, -0.25) is 18.5 Å². The fourth-order valence-electron chi connectivity index (χ4n) is 3.95. The van der Waals surface area contributed by atoms with E-state index >= 15 is 0 Å². The maximum Gasteiger partial charge on any atom is 0.332 e. The van der Waals surface area contributed by atoms with Crippen LogP contribution < -0.4 is 11.2 Å². The van der Waals surface area contributed by atoms with Crippen molar-refractivity contribution >= 4 is 11.2 Å². The number of fused-ring (bicyclic) bond motifs is 1. The summed E-state index contributed by atoms with van der Waals surface area (Å²) in [4.78, 5) is 30.6. The minimum Gasteiger partial charge on any atom is -0.394 e. The molecule has 0 spiro atoms. The van der Waals surface area contributed by atoms with Crippen molar-refractivity contribution < 1.29 is 20.1 Å². The van der Waals surface area contributed by atoms with Gasteiger partial charge in [0.15, 0.2) is 17.4 Å². The van der Waals surface area contributed by atoms with Gasteiger partial charge in [-0.15, -0.1) is 0 Å². The fraction of sp³-hybridized carbons (Fsp3) is 0.750. The summed E-state index contributed by atoms with van der Waals surface area (Å²) in [5, 5.41) is 29.9. The van der Waals surface area contributed by atoms with Crippen LogP contribution in [0.1, 0.15) is 58.6 Å². The van der Waals surface area contributed by atoms with E-state index in [2.05, 4.69) is 11.9 Å². The highest BCUT2D eigenvalue weighted by Gasteiger charge is 2.44. The number of hydrogen-bond donors (Lipinski definition) is 3. The number of ether oxygens (including phenoxy) is 1. The van der Waals surface area contributed by atoms with Crippen LogP contribution in [-0.4, -0.2) is 58.9 Å². The Bertz CT molecular complexity index is 965. The first-order valence-electron chi connectivity index (χ1n) is 10.8. The molecule has 10 heteroatoms. The molecule has 0 amide bonds. The molecule has 3 rings (SSSR count). The van der Waals surface area contributed by atoms with Crippen molar-refractivity contribution in [3.05, 3.63) is 27.2 Å². The maximum absolute atomic E-state index is 13.2. The van der Waals surface area contributed by atoms with E-state index in [-0.39, 0.29) is 16.9 Å². The van der Waals surface area contributed by atoms with E-state index in [9.17, 15) is 24.9 Å². The van der Waals surface area contributed by atoms with Crippen LogP contribution in [0.3, 0.4) is 0 Å². The highest BCUT2D eigenvalue weighted by atomic mass is 16.6. The van der Waals surface area contributed by atoms with Gasteiger partial charge in [0.2, 0.25) is 0 Å². The summed E-state index contributed by atoms with van der Waals surface area (Å²) in [5.41, 5.74) is -0.484. The largest absolute Gasteiger partial charge is 0.394 e. The third kappa shape index (κ3) is 4.09. The molecule has 1 fully saturated rings. The molecule has 0 bridgehead atoms. The third-order valence-electron chi connectivity index (χ3n) is 5.70. The smallest absolute Gasteiger partial charge is 0.332 e. The van der Waals surface area contributed by atoms with Crippen molar-refractivity contribution in [1.82, 2.24) is 18.7 Å². The second-order valence-electron chi connectivity index (χ2n) is 7.86. The van der Waals surface area contributed by atoms with Gasteiger partial charge in [0.25, 0.3) is 5.56 Å². The number of nitrogens with zero attached hydrogens (tertiary/aromatic N) is 4. The molecular weight excluding hydrogens is 392 g/mol. The molecular formula is C20H32N4O6. The SMILES string of the molecule is CCCCCn1c(=O)c2c(ncn2[C@@H]2O[C@H](CO)[C@@H](O)[C@H]2O)n(CCCCC)c1=O. The number of imidazole rings is 1. The van der Waals surface area contributed by atoms with E-state index in [1.807, 2.05) is 6.92 Å². The van der Waals surface area contributed by atoms with Crippen molar-refractivity contribution in [3.8, 4) is 0 Å². The summed E-state index contributed by atoms with van der Waals surface area (Å²) in [5.74, 6) is 0. The normalized spacial score (nSPS) is 24.2. The molecule has 1 saturated heterocycles. The minimum absolute atomic E-state index is 0.150. The summed E-state index contributed by atoms with van der Waals surface area (Å²) >= 11 is 0. The molecule has 2 aromatic heterocycles. The van der Waals surface area contributed by atoms with E-state index in [1.54, 1.807) is 0 Å². The number of rotatable bonds is 10. The van der Waals surface area contributed by atoms with Crippen molar-refractivity contribution in [2.45, 2.75) is 90.0 Å². The van der Waals surface area contributed by atoms with E-state index < -0.39 is 36.7 Å². The topological polar surface area (TPSA) is 132 Å². The van der Waals surface area contributed by atoms with Crippen molar-refractivity contribution in [2.75, 3.05) is 6.61 Å². The molecule has 0 radical (unpaired) electrons. The first kappa shape index (κ1) is 22.7. The van der Waals surface area contributed by atoms with Gasteiger partial charge in [-0.1, -0.05) is 39.5 Å². The van der Waals surface area contributed by atoms with Crippen LogP contribution in [0.2, 0.25) is 0 Å². The zero-order valence-corrected chi connectivity index (χ0v) is 17.6. The van der Waals surface area contributed by atoms with Crippen LogP contribution in [-0.2, 0) is 17.8 Å². The molecule has 4 atom stereocenters. The lowest BCUT2D eigenvalue weighted by Gasteiger charge is -2.18. The minimum atomic E-state index is -1.34. The van der Waals surface area contributed by atoms with Gasteiger partial charge >= 0.3 is 5.69 Å². The number of aromatic nitrogens is 4.